The number of amides is 1. The molecule has 0 spiro atoms. The molecule has 1 atom stereocenters. The molecule has 5 heteroatoms. The fourth-order valence-electron chi connectivity index (χ4n) is 1.64. The van der Waals surface area contributed by atoms with E-state index in [2.05, 4.69) is 5.32 Å². The van der Waals surface area contributed by atoms with Crippen LogP contribution in [-0.4, -0.2) is 44.0 Å². The van der Waals surface area contributed by atoms with Gasteiger partial charge in [0.2, 0.25) is 5.91 Å². The van der Waals surface area contributed by atoms with Gasteiger partial charge in [-0.15, -0.1) is 0 Å². The number of hydrogen-bond acceptors (Lipinski definition) is 4. The van der Waals surface area contributed by atoms with Crippen molar-refractivity contribution in [1.82, 2.24) is 5.32 Å². The molecule has 0 saturated carbocycles. The lowest BCUT2D eigenvalue weighted by molar-refractivity contribution is -0.121. The van der Waals surface area contributed by atoms with Gasteiger partial charge in [0.1, 0.15) is 5.75 Å². The Balaban J connectivity index is 2.09. The van der Waals surface area contributed by atoms with Crippen molar-refractivity contribution in [2.24, 2.45) is 0 Å². The number of benzene rings is 1. The summed E-state index contributed by atoms with van der Waals surface area (Å²) in [6.07, 6.45) is 0.247. The van der Waals surface area contributed by atoms with Crippen LogP contribution in [-0.2, 0) is 9.53 Å². The number of rotatable bonds is 9. The van der Waals surface area contributed by atoms with Crippen LogP contribution in [0.5, 0.6) is 5.75 Å². The van der Waals surface area contributed by atoms with Crippen molar-refractivity contribution in [3.05, 3.63) is 29.8 Å². The van der Waals surface area contributed by atoms with Crippen LogP contribution >= 0.6 is 0 Å². The monoisotopic (exact) mass is 281 g/mol. The van der Waals surface area contributed by atoms with Crippen LogP contribution in [0, 0.1) is 6.92 Å². The first-order chi connectivity index (χ1) is 9.61. The number of aliphatic hydroxyl groups excluding tert-OH is 1. The molecule has 0 bridgehead atoms. The minimum Gasteiger partial charge on any atom is -0.493 e. The molecule has 0 radical (unpaired) electrons. The molecule has 0 fully saturated rings. The molecule has 0 aliphatic carbocycles. The van der Waals surface area contributed by atoms with E-state index in [0.717, 1.165) is 5.75 Å². The molecular weight excluding hydrogens is 258 g/mol. The standard InChI is InChI=1S/C15H23NO4/c1-12-3-5-14(6-4-12)20-10-8-15(18)16-9-7-13(17)11-19-2/h3-6,13,17H,7-11H2,1-2H3,(H,16,18). The maximum atomic E-state index is 11.5. The fraction of sp³-hybridized carbons (Fsp3) is 0.533. The minimum atomic E-state index is -0.538. The summed E-state index contributed by atoms with van der Waals surface area (Å²) in [6, 6.07) is 7.70. The molecule has 2 N–H and O–H groups in total. The van der Waals surface area contributed by atoms with E-state index in [1.54, 1.807) is 0 Å². The van der Waals surface area contributed by atoms with Crippen molar-refractivity contribution >= 4 is 5.91 Å². The maximum Gasteiger partial charge on any atom is 0.223 e. The van der Waals surface area contributed by atoms with E-state index in [-0.39, 0.29) is 12.5 Å². The normalized spacial score (nSPS) is 11.9. The lowest BCUT2D eigenvalue weighted by Gasteiger charge is -2.10. The molecule has 1 aromatic carbocycles. The number of aryl methyl sites for hydroxylation is 1. The number of nitrogens with one attached hydrogen (secondary N) is 1. The Morgan fingerprint density at radius 2 is 2.05 bits per heavy atom. The van der Waals surface area contributed by atoms with Crippen LogP contribution in [0.1, 0.15) is 18.4 Å². The van der Waals surface area contributed by atoms with Crippen molar-refractivity contribution in [1.29, 1.82) is 0 Å². The topological polar surface area (TPSA) is 67.8 Å². The Kier molecular flexibility index (Phi) is 7.69. The second kappa shape index (κ2) is 9.34. The van der Waals surface area contributed by atoms with Gasteiger partial charge in [-0.3, -0.25) is 4.79 Å². The Hall–Kier alpha value is -1.59. The van der Waals surface area contributed by atoms with E-state index >= 15 is 0 Å². The van der Waals surface area contributed by atoms with Crippen LogP contribution in [0.2, 0.25) is 0 Å². The van der Waals surface area contributed by atoms with Gasteiger partial charge in [0, 0.05) is 13.7 Å². The van der Waals surface area contributed by atoms with Crippen LogP contribution in [0.25, 0.3) is 0 Å². The van der Waals surface area contributed by atoms with Crippen molar-refractivity contribution < 1.29 is 19.4 Å². The Bertz CT molecular complexity index is 391. The van der Waals surface area contributed by atoms with E-state index in [1.165, 1.54) is 12.7 Å². The van der Waals surface area contributed by atoms with Crippen molar-refractivity contribution in [2.45, 2.75) is 25.9 Å². The number of hydrogen-bond donors (Lipinski definition) is 2. The molecular formula is C15H23NO4. The summed E-state index contributed by atoms with van der Waals surface area (Å²) in [6.45, 7) is 3.07. The van der Waals surface area contributed by atoms with Crippen molar-refractivity contribution in [2.75, 3.05) is 26.9 Å². The third-order valence-electron chi connectivity index (χ3n) is 2.78. The molecule has 5 nitrogen and oxygen atoms in total. The highest BCUT2D eigenvalue weighted by Gasteiger charge is 2.05. The summed E-state index contributed by atoms with van der Waals surface area (Å²) >= 11 is 0. The van der Waals surface area contributed by atoms with E-state index in [0.29, 0.717) is 26.0 Å². The summed E-state index contributed by atoms with van der Waals surface area (Å²) in [5.41, 5.74) is 1.17. The molecule has 0 aliphatic heterocycles. The molecule has 1 amide bonds. The summed E-state index contributed by atoms with van der Waals surface area (Å²) in [7, 11) is 1.53. The van der Waals surface area contributed by atoms with Gasteiger partial charge >= 0.3 is 0 Å². The van der Waals surface area contributed by atoms with Gasteiger partial charge in [0.15, 0.2) is 0 Å². The zero-order valence-corrected chi connectivity index (χ0v) is 12.1. The molecule has 20 heavy (non-hydrogen) atoms. The zero-order chi connectivity index (χ0) is 14.8. The lowest BCUT2D eigenvalue weighted by Crippen LogP contribution is -2.29. The minimum absolute atomic E-state index is 0.0817. The third kappa shape index (κ3) is 7.11. The maximum absolute atomic E-state index is 11.5. The number of ether oxygens (including phenoxy) is 2. The molecule has 1 unspecified atom stereocenters. The average molecular weight is 281 g/mol. The van der Waals surface area contributed by atoms with E-state index in [9.17, 15) is 9.90 Å². The quantitative estimate of drug-likeness (QED) is 0.715. The Morgan fingerprint density at radius 3 is 2.70 bits per heavy atom. The Morgan fingerprint density at radius 1 is 1.35 bits per heavy atom. The number of aliphatic hydroxyl groups is 1. The van der Waals surface area contributed by atoms with Crippen molar-refractivity contribution in [3.8, 4) is 5.75 Å². The predicted molar refractivity (Wildman–Crippen MR) is 76.8 cm³/mol. The summed E-state index contributed by atoms with van der Waals surface area (Å²) in [5.74, 6) is 0.681. The number of methoxy groups -OCH3 is 1. The van der Waals surface area contributed by atoms with Gasteiger partial charge in [-0.1, -0.05) is 17.7 Å². The van der Waals surface area contributed by atoms with Gasteiger partial charge in [0.05, 0.1) is 25.7 Å². The smallest absolute Gasteiger partial charge is 0.223 e. The largest absolute Gasteiger partial charge is 0.493 e. The van der Waals surface area contributed by atoms with E-state index < -0.39 is 6.10 Å². The van der Waals surface area contributed by atoms with E-state index in [1.807, 2.05) is 31.2 Å². The fourth-order valence-corrected chi connectivity index (χ4v) is 1.64. The second-order valence-corrected chi connectivity index (χ2v) is 4.66. The van der Waals surface area contributed by atoms with Crippen LogP contribution in [0.4, 0.5) is 0 Å². The lowest BCUT2D eigenvalue weighted by atomic mass is 10.2. The van der Waals surface area contributed by atoms with E-state index in [4.69, 9.17) is 9.47 Å². The molecule has 0 saturated heterocycles. The zero-order valence-electron chi connectivity index (χ0n) is 12.1. The summed E-state index contributed by atoms with van der Waals surface area (Å²) in [5, 5.41) is 12.1. The van der Waals surface area contributed by atoms with Crippen LogP contribution < -0.4 is 10.1 Å². The summed E-state index contributed by atoms with van der Waals surface area (Å²) in [4.78, 5) is 11.5. The highest BCUT2D eigenvalue weighted by molar-refractivity contribution is 5.75. The Labute approximate surface area is 119 Å². The molecule has 1 aromatic rings. The highest BCUT2D eigenvalue weighted by Crippen LogP contribution is 2.11. The van der Waals surface area contributed by atoms with Gasteiger partial charge in [-0.05, 0) is 25.5 Å². The van der Waals surface area contributed by atoms with Gasteiger partial charge < -0.3 is 19.9 Å². The average Bonchev–Trinajstić information content (AvgIpc) is 2.41. The molecule has 112 valence electrons. The van der Waals surface area contributed by atoms with Crippen LogP contribution in [0.3, 0.4) is 0 Å². The van der Waals surface area contributed by atoms with Gasteiger partial charge in [-0.25, -0.2) is 0 Å². The SMILES string of the molecule is COCC(O)CCNC(=O)CCOc1ccc(C)cc1. The summed E-state index contributed by atoms with van der Waals surface area (Å²) < 4.78 is 10.3. The molecule has 0 heterocycles. The first-order valence-electron chi connectivity index (χ1n) is 6.75. The molecule has 1 rings (SSSR count). The first-order valence-corrected chi connectivity index (χ1v) is 6.75. The molecule has 0 aromatic heterocycles. The third-order valence-corrected chi connectivity index (χ3v) is 2.78. The highest BCUT2D eigenvalue weighted by atomic mass is 16.5. The van der Waals surface area contributed by atoms with Crippen LogP contribution in [0.15, 0.2) is 24.3 Å². The first kappa shape index (κ1) is 16.5. The second-order valence-electron chi connectivity index (χ2n) is 4.66. The van der Waals surface area contributed by atoms with Gasteiger partial charge in [-0.2, -0.15) is 0 Å². The van der Waals surface area contributed by atoms with Crippen molar-refractivity contribution in [3.63, 3.8) is 0 Å². The van der Waals surface area contributed by atoms with Gasteiger partial charge in [0.25, 0.3) is 0 Å². The number of carbonyl (C=O) groups excluding carboxylic acids is 1. The predicted octanol–water partition coefficient (Wildman–Crippen LogP) is 1.28. The number of carbonyl (C=O) groups is 1. The molecule has 0 aliphatic rings.